The maximum absolute atomic E-state index is 11.9. The van der Waals surface area contributed by atoms with Crippen LogP contribution in [0.5, 0.6) is 0 Å². The molecule has 2 rings (SSSR count). The highest BCUT2D eigenvalue weighted by Gasteiger charge is 2.12. The van der Waals surface area contributed by atoms with Crippen molar-refractivity contribution in [1.29, 1.82) is 0 Å². The molecule has 0 bridgehead atoms. The summed E-state index contributed by atoms with van der Waals surface area (Å²) in [6, 6.07) is 12.7. The second-order valence-corrected chi connectivity index (χ2v) is 4.86. The third-order valence-electron chi connectivity index (χ3n) is 2.47. The molecule has 0 aromatic heterocycles. The van der Waals surface area contributed by atoms with E-state index < -0.39 is 11.9 Å². The van der Waals surface area contributed by atoms with Crippen molar-refractivity contribution in [3.8, 4) is 0 Å². The van der Waals surface area contributed by atoms with Gasteiger partial charge in [-0.3, -0.25) is 10.1 Å². The molecule has 3 amide bonds. The zero-order valence-electron chi connectivity index (χ0n) is 10.3. The van der Waals surface area contributed by atoms with Crippen molar-refractivity contribution in [3.05, 3.63) is 59.1 Å². The molecule has 0 atom stereocenters. The SMILES string of the molecule is O=C(NC(=O)c1ccccc1Cl)Nc1ccc(S)cc1. The number of nitrogens with one attached hydrogen (secondary N) is 2. The molecule has 4 nitrogen and oxygen atoms in total. The van der Waals surface area contributed by atoms with Gasteiger partial charge >= 0.3 is 6.03 Å². The minimum atomic E-state index is -0.623. The number of halogens is 1. The molecule has 0 fully saturated rings. The van der Waals surface area contributed by atoms with Crippen LogP contribution in [0.2, 0.25) is 5.02 Å². The first kappa shape index (κ1) is 14.4. The summed E-state index contributed by atoms with van der Waals surface area (Å²) in [5, 5.41) is 5.04. The Labute approximate surface area is 126 Å². The number of carbonyl (C=O) groups is 2. The molecule has 0 aliphatic heterocycles. The summed E-state index contributed by atoms with van der Waals surface area (Å²) in [5.74, 6) is -0.557. The zero-order chi connectivity index (χ0) is 14.5. The van der Waals surface area contributed by atoms with Crippen LogP contribution in [0.15, 0.2) is 53.4 Å². The number of hydrogen-bond donors (Lipinski definition) is 3. The van der Waals surface area contributed by atoms with E-state index in [1.165, 1.54) is 0 Å². The van der Waals surface area contributed by atoms with Crippen LogP contribution >= 0.6 is 24.2 Å². The van der Waals surface area contributed by atoms with Gasteiger partial charge in [-0.25, -0.2) is 4.79 Å². The molecule has 6 heteroatoms. The Balaban J connectivity index is 2.00. The number of anilines is 1. The van der Waals surface area contributed by atoms with Gasteiger partial charge in [0.1, 0.15) is 0 Å². The Hall–Kier alpha value is -1.98. The van der Waals surface area contributed by atoms with Crippen molar-refractivity contribution in [2.75, 3.05) is 5.32 Å². The zero-order valence-corrected chi connectivity index (χ0v) is 11.9. The monoisotopic (exact) mass is 306 g/mol. The third kappa shape index (κ3) is 3.76. The van der Waals surface area contributed by atoms with E-state index >= 15 is 0 Å². The molecule has 0 aliphatic rings. The predicted octanol–water partition coefficient (Wildman–Crippen LogP) is 3.59. The van der Waals surface area contributed by atoms with Gasteiger partial charge in [0.05, 0.1) is 10.6 Å². The second-order valence-electron chi connectivity index (χ2n) is 3.93. The molecule has 2 aromatic carbocycles. The summed E-state index contributed by atoms with van der Waals surface area (Å²) in [7, 11) is 0. The molecule has 2 aromatic rings. The van der Waals surface area contributed by atoms with E-state index in [1.807, 2.05) is 0 Å². The highest BCUT2D eigenvalue weighted by atomic mass is 35.5. The van der Waals surface area contributed by atoms with E-state index in [1.54, 1.807) is 48.5 Å². The molecule has 2 N–H and O–H groups in total. The Bertz CT molecular complexity index is 644. The number of thiol groups is 1. The number of imide groups is 1. The van der Waals surface area contributed by atoms with Crippen molar-refractivity contribution >= 4 is 41.9 Å². The summed E-state index contributed by atoms with van der Waals surface area (Å²) in [6.45, 7) is 0. The smallest absolute Gasteiger partial charge is 0.308 e. The van der Waals surface area contributed by atoms with Crippen LogP contribution in [0.1, 0.15) is 10.4 Å². The number of hydrogen-bond acceptors (Lipinski definition) is 3. The van der Waals surface area contributed by atoms with Crippen LogP contribution in [-0.4, -0.2) is 11.9 Å². The molecule has 0 saturated heterocycles. The van der Waals surface area contributed by atoms with E-state index in [-0.39, 0.29) is 10.6 Å². The number of carbonyl (C=O) groups excluding carboxylic acids is 2. The van der Waals surface area contributed by atoms with Crippen LogP contribution < -0.4 is 10.6 Å². The lowest BCUT2D eigenvalue weighted by atomic mass is 10.2. The highest BCUT2D eigenvalue weighted by Crippen LogP contribution is 2.15. The van der Waals surface area contributed by atoms with Crippen LogP contribution in [-0.2, 0) is 0 Å². The Morgan fingerprint density at radius 2 is 1.65 bits per heavy atom. The molecular formula is C14H11ClN2O2S. The van der Waals surface area contributed by atoms with Crippen molar-refractivity contribution in [2.45, 2.75) is 4.90 Å². The second kappa shape index (κ2) is 6.45. The van der Waals surface area contributed by atoms with Gasteiger partial charge in [-0.15, -0.1) is 12.6 Å². The fraction of sp³-hybridized carbons (Fsp3) is 0. The third-order valence-corrected chi connectivity index (χ3v) is 3.10. The molecule has 0 saturated carbocycles. The standard InChI is InChI=1S/C14H11ClN2O2S/c15-12-4-2-1-3-11(12)13(18)17-14(19)16-9-5-7-10(20)8-6-9/h1-8,20H,(H2,16,17,18,19). The molecule has 102 valence electrons. The minimum absolute atomic E-state index is 0.245. The van der Waals surface area contributed by atoms with Crippen LogP contribution in [0.3, 0.4) is 0 Å². The van der Waals surface area contributed by atoms with Gasteiger partial charge in [0, 0.05) is 10.6 Å². The van der Waals surface area contributed by atoms with E-state index in [2.05, 4.69) is 23.3 Å². The van der Waals surface area contributed by atoms with Gasteiger partial charge in [-0.2, -0.15) is 0 Å². The molecule has 0 spiro atoms. The first-order valence-electron chi connectivity index (χ1n) is 5.72. The Kier molecular flexibility index (Phi) is 4.65. The topological polar surface area (TPSA) is 58.2 Å². The lowest BCUT2D eigenvalue weighted by Gasteiger charge is -2.07. The quantitative estimate of drug-likeness (QED) is 0.743. The average Bonchev–Trinajstić information content (AvgIpc) is 2.41. The van der Waals surface area contributed by atoms with Gasteiger partial charge in [0.2, 0.25) is 0 Å². The van der Waals surface area contributed by atoms with Crippen molar-refractivity contribution in [2.24, 2.45) is 0 Å². The van der Waals surface area contributed by atoms with Crippen LogP contribution in [0.4, 0.5) is 10.5 Å². The largest absolute Gasteiger partial charge is 0.326 e. The normalized spacial score (nSPS) is 9.90. The van der Waals surface area contributed by atoms with Crippen molar-refractivity contribution < 1.29 is 9.59 Å². The van der Waals surface area contributed by atoms with Crippen LogP contribution in [0, 0.1) is 0 Å². The predicted molar refractivity (Wildman–Crippen MR) is 81.6 cm³/mol. The molecule has 0 heterocycles. The number of amides is 3. The van der Waals surface area contributed by atoms with Crippen molar-refractivity contribution in [3.63, 3.8) is 0 Å². The van der Waals surface area contributed by atoms with Gasteiger partial charge in [0.25, 0.3) is 5.91 Å². The summed E-state index contributed by atoms with van der Waals surface area (Å²) < 4.78 is 0. The first-order valence-corrected chi connectivity index (χ1v) is 6.54. The lowest BCUT2D eigenvalue weighted by Crippen LogP contribution is -2.34. The van der Waals surface area contributed by atoms with Gasteiger partial charge in [-0.1, -0.05) is 23.7 Å². The number of urea groups is 1. The van der Waals surface area contributed by atoms with Crippen LogP contribution in [0.25, 0.3) is 0 Å². The fourth-order valence-electron chi connectivity index (χ4n) is 1.52. The number of rotatable bonds is 2. The van der Waals surface area contributed by atoms with Gasteiger partial charge in [0.15, 0.2) is 0 Å². The minimum Gasteiger partial charge on any atom is -0.308 e. The summed E-state index contributed by atoms with van der Waals surface area (Å²) in [5.41, 5.74) is 0.808. The Morgan fingerprint density at radius 3 is 2.30 bits per heavy atom. The van der Waals surface area contributed by atoms with E-state index in [9.17, 15) is 9.59 Å². The van der Waals surface area contributed by atoms with Gasteiger partial charge < -0.3 is 5.32 Å². The summed E-state index contributed by atoms with van der Waals surface area (Å²) in [6.07, 6.45) is 0. The van der Waals surface area contributed by atoms with E-state index in [0.29, 0.717) is 5.69 Å². The van der Waals surface area contributed by atoms with E-state index in [0.717, 1.165) is 4.90 Å². The lowest BCUT2D eigenvalue weighted by molar-refractivity contribution is 0.0967. The molecule has 0 aliphatic carbocycles. The summed E-state index contributed by atoms with van der Waals surface area (Å²) >= 11 is 10.0. The summed E-state index contributed by atoms with van der Waals surface area (Å²) in [4.78, 5) is 24.3. The average molecular weight is 307 g/mol. The van der Waals surface area contributed by atoms with Gasteiger partial charge in [-0.05, 0) is 36.4 Å². The highest BCUT2D eigenvalue weighted by molar-refractivity contribution is 7.80. The Morgan fingerprint density at radius 1 is 1.00 bits per heavy atom. The van der Waals surface area contributed by atoms with Crippen molar-refractivity contribution in [1.82, 2.24) is 5.32 Å². The molecule has 0 radical (unpaired) electrons. The molecule has 20 heavy (non-hydrogen) atoms. The molecule has 0 unspecified atom stereocenters. The first-order chi connectivity index (χ1) is 9.56. The maximum Gasteiger partial charge on any atom is 0.326 e. The fourth-order valence-corrected chi connectivity index (χ4v) is 1.89. The maximum atomic E-state index is 11.9. The number of benzene rings is 2. The molecular weight excluding hydrogens is 296 g/mol. The van der Waals surface area contributed by atoms with E-state index in [4.69, 9.17) is 11.6 Å².